The molecular formula is C17H29F2IN4O. The van der Waals surface area contributed by atoms with Gasteiger partial charge < -0.3 is 20.3 Å². The van der Waals surface area contributed by atoms with Crippen molar-refractivity contribution in [3.8, 4) is 0 Å². The van der Waals surface area contributed by atoms with Crippen LogP contribution in [-0.4, -0.2) is 64.9 Å². The molecule has 0 heterocycles. The molecule has 8 heteroatoms. The van der Waals surface area contributed by atoms with E-state index in [0.29, 0.717) is 24.5 Å². The van der Waals surface area contributed by atoms with E-state index >= 15 is 0 Å². The van der Waals surface area contributed by atoms with Gasteiger partial charge in [0, 0.05) is 53.0 Å². The van der Waals surface area contributed by atoms with E-state index in [1.807, 2.05) is 0 Å². The Labute approximate surface area is 166 Å². The average molecular weight is 470 g/mol. The first kappa shape index (κ1) is 24.0. The number of aliphatic imine (C=N–C) groups is 1. The molecular weight excluding hydrogens is 441 g/mol. The Hall–Kier alpha value is -1.00. The molecule has 144 valence electrons. The van der Waals surface area contributed by atoms with Crippen LogP contribution in [0.1, 0.15) is 12.0 Å². The largest absolute Gasteiger partial charge is 0.385 e. The minimum atomic E-state index is -0.552. The molecule has 0 saturated heterocycles. The lowest BCUT2D eigenvalue weighted by Gasteiger charge is -2.18. The molecule has 0 saturated carbocycles. The zero-order valence-corrected chi connectivity index (χ0v) is 17.5. The van der Waals surface area contributed by atoms with Crippen molar-refractivity contribution < 1.29 is 13.5 Å². The number of rotatable bonds is 10. The van der Waals surface area contributed by atoms with Crippen molar-refractivity contribution in [2.24, 2.45) is 4.99 Å². The van der Waals surface area contributed by atoms with E-state index in [2.05, 4.69) is 27.6 Å². The number of guanidine groups is 1. The zero-order valence-electron chi connectivity index (χ0n) is 15.1. The van der Waals surface area contributed by atoms with E-state index < -0.39 is 11.6 Å². The van der Waals surface area contributed by atoms with Gasteiger partial charge in [-0.1, -0.05) is 0 Å². The molecule has 2 N–H and O–H groups in total. The molecule has 0 aliphatic heterocycles. The highest BCUT2D eigenvalue weighted by Crippen LogP contribution is 2.07. The minimum Gasteiger partial charge on any atom is -0.385 e. The molecule has 5 nitrogen and oxygen atoms in total. The summed E-state index contributed by atoms with van der Waals surface area (Å²) in [5.74, 6) is -0.426. The third-order valence-electron chi connectivity index (χ3n) is 3.53. The van der Waals surface area contributed by atoms with E-state index in [0.717, 1.165) is 38.7 Å². The van der Waals surface area contributed by atoms with Gasteiger partial charge in [0.25, 0.3) is 0 Å². The van der Waals surface area contributed by atoms with Crippen molar-refractivity contribution in [3.05, 3.63) is 35.4 Å². The highest BCUT2D eigenvalue weighted by Gasteiger charge is 2.03. The Balaban J connectivity index is 0.00000576. The summed E-state index contributed by atoms with van der Waals surface area (Å²) in [5, 5.41) is 6.36. The average Bonchev–Trinajstić information content (AvgIpc) is 2.52. The molecule has 1 aromatic carbocycles. The van der Waals surface area contributed by atoms with E-state index in [1.165, 1.54) is 12.1 Å². The first-order chi connectivity index (χ1) is 11.5. The van der Waals surface area contributed by atoms with Gasteiger partial charge in [-0.3, -0.25) is 4.99 Å². The molecule has 0 bridgehead atoms. The van der Waals surface area contributed by atoms with E-state index in [-0.39, 0.29) is 24.0 Å². The van der Waals surface area contributed by atoms with Gasteiger partial charge in [-0.05, 0) is 37.6 Å². The minimum absolute atomic E-state index is 0. The SMILES string of the molecule is CN=C(NCCc1cc(F)cc(F)c1)NCCN(C)CCCOC.I. The molecule has 25 heavy (non-hydrogen) atoms. The summed E-state index contributed by atoms with van der Waals surface area (Å²) in [4.78, 5) is 6.35. The van der Waals surface area contributed by atoms with Gasteiger partial charge in [-0.2, -0.15) is 0 Å². The number of nitrogens with zero attached hydrogens (tertiary/aromatic N) is 2. The Kier molecular flexibility index (Phi) is 13.6. The second-order valence-corrected chi connectivity index (χ2v) is 5.60. The highest BCUT2D eigenvalue weighted by atomic mass is 127. The molecule has 0 spiro atoms. The van der Waals surface area contributed by atoms with E-state index in [1.54, 1.807) is 14.2 Å². The van der Waals surface area contributed by atoms with Crippen molar-refractivity contribution in [2.75, 3.05) is 54.0 Å². The maximum atomic E-state index is 13.1. The summed E-state index contributed by atoms with van der Waals surface area (Å²) in [6, 6.07) is 3.56. The molecule has 0 unspecified atom stereocenters. The van der Waals surface area contributed by atoms with Crippen LogP contribution in [0.15, 0.2) is 23.2 Å². The van der Waals surface area contributed by atoms with Gasteiger partial charge >= 0.3 is 0 Å². The second-order valence-electron chi connectivity index (χ2n) is 5.60. The normalized spacial score (nSPS) is 11.4. The first-order valence-electron chi connectivity index (χ1n) is 8.12. The van der Waals surface area contributed by atoms with Crippen LogP contribution in [0.3, 0.4) is 0 Å². The summed E-state index contributed by atoms with van der Waals surface area (Å²) in [6.07, 6.45) is 1.52. The predicted molar refractivity (Wildman–Crippen MR) is 109 cm³/mol. The van der Waals surface area contributed by atoms with Gasteiger partial charge in [0.1, 0.15) is 11.6 Å². The maximum Gasteiger partial charge on any atom is 0.191 e. The number of hydrogen-bond donors (Lipinski definition) is 2. The number of hydrogen-bond acceptors (Lipinski definition) is 3. The molecule has 1 aromatic rings. The van der Waals surface area contributed by atoms with Crippen LogP contribution in [0.5, 0.6) is 0 Å². The van der Waals surface area contributed by atoms with Crippen LogP contribution >= 0.6 is 24.0 Å². The van der Waals surface area contributed by atoms with Gasteiger partial charge in [0.05, 0.1) is 0 Å². The fraction of sp³-hybridized carbons (Fsp3) is 0.588. The van der Waals surface area contributed by atoms with E-state index in [4.69, 9.17) is 4.74 Å². The van der Waals surface area contributed by atoms with Crippen molar-refractivity contribution >= 4 is 29.9 Å². The van der Waals surface area contributed by atoms with Gasteiger partial charge in [-0.25, -0.2) is 8.78 Å². The second kappa shape index (κ2) is 14.2. The van der Waals surface area contributed by atoms with Gasteiger partial charge in [0.15, 0.2) is 5.96 Å². The van der Waals surface area contributed by atoms with Gasteiger partial charge in [-0.15, -0.1) is 24.0 Å². The number of nitrogens with one attached hydrogen (secondary N) is 2. The lowest BCUT2D eigenvalue weighted by atomic mass is 10.1. The van der Waals surface area contributed by atoms with Crippen molar-refractivity contribution in [1.29, 1.82) is 0 Å². The summed E-state index contributed by atoms with van der Waals surface area (Å²) >= 11 is 0. The van der Waals surface area contributed by atoms with Crippen LogP contribution in [0.4, 0.5) is 8.78 Å². The van der Waals surface area contributed by atoms with Crippen LogP contribution in [0.2, 0.25) is 0 Å². The number of methoxy groups -OCH3 is 1. The van der Waals surface area contributed by atoms with Crippen LogP contribution < -0.4 is 10.6 Å². The monoisotopic (exact) mass is 470 g/mol. The summed E-state index contributed by atoms with van der Waals surface area (Å²) in [5.41, 5.74) is 0.619. The molecule has 0 radical (unpaired) electrons. The smallest absolute Gasteiger partial charge is 0.191 e. The number of likely N-dealkylation sites (N-methyl/N-ethyl adjacent to an activating group) is 1. The molecule has 0 aliphatic carbocycles. The Morgan fingerprint density at radius 2 is 1.76 bits per heavy atom. The zero-order chi connectivity index (χ0) is 17.8. The lowest BCUT2D eigenvalue weighted by Crippen LogP contribution is -2.41. The quantitative estimate of drug-likeness (QED) is 0.239. The van der Waals surface area contributed by atoms with Crippen molar-refractivity contribution in [2.45, 2.75) is 12.8 Å². The third kappa shape index (κ3) is 11.3. The van der Waals surface area contributed by atoms with Gasteiger partial charge in [0.2, 0.25) is 0 Å². The van der Waals surface area contributed by atoms with E-state index in [9.17, 15) is 8.78 Å². The molecule has 1 rings (SSSR count). The topological polar surface area (TPSA) is 48.9 Å². The first-order valence-corrected chi connectivity index (χ1v) is 8.12. The number of ether oxygens (including phenoxy) is 1. The van der Waals surface area contributed by atoms with Crippen LogP contribution in [0, 0.1) is 11.6 Å². The molecule has 0 fully saturated rings. The standard InChI is InChI=1S/C17H28F2N4O.HI/c1-20-17(22-7-9-23(2)8-4-10-24-3)21-6-5-14-11-15(18)13-16(19)12-14;/h11-13H,4-10H2,1-3H3,(H2,20,21,22);1H. The fourth-order valence-corrected chi connectivity index (χ4v) is 2.26. The Morgan fingerprint density at radius 3 is 2.36 bits per heavy atom. The maximum absolute atomic E-state index is 13.1. The lowest BCUT2D eigenvalue weighted by molar-refractivity contribution is 0.180. The van der Waals surface area contributed by atoms with Crippen molar-refractivity contribution in [3.63, 3.8) is 0 Å². The number of benzene rings is 1. The fourth-order valence-electron chi connectivity index (χ4n) is 2.26. The molecule has 0 atom stereocenters. The predicted octanol–water partition coefficient (Wildman–Crippen LogP) is 2.26. The molecule has 0 amide bonds. The molecule has 0 aromatic heterocycles. The summed E-state index contributed by atoms with van der Waals surface area (Å²) < 4.78 is 31.3. The Bertz CT molecular complexity index is 497. The number of halogens is 3. The third-order valence-corrected chi connectivity index (χ3v) is 3.53. The van der Waals surface area contributed by atoms with Crippen LogP contribution in [-0.2, 0) is 11.2 Å². The van der Waals surface area contributed by atoms with Crippen LogP contribution in [0.25, 0.3) is 0 Å². The summed E-state index contributed by atoms with van der Waals surface area (Å²) in [6.45, 7) is 3.94. The summed E-state index contributed by atoms with van der Waals surface area (Å²) in [7, 11) is 5.46. The Morgan fingerprint density at radius 1 is 1.12 bits per heavy atom. The van der Waals surface area contributed by atoms with Crippen molar-refractivity contribution in [1.82, 2.24) is 15.5 Å². The highest BCUT2D eigenvalue weighted by molar-refractivity contribution is 14.0. The molecule has 0 aliphatic rings.